The van der Waals surface area contributed by atoms with E-state index in [-0.39, 0.29) is 16.9 Å². The van der Waals surface area contributed by atoms with Crippen LogP contribution in [0.2, 0.25) is 0 Å². The number of ether oxygens (including phenoxy) is 2. The number of nitrogens with zero attached hydrogens (tertiary/aromatic N) is 2. The maximum atomic E-state index is 13.5. The zero-order chi connectivity index (χ0) is 24.2. The van der Waals surface area contributed by atoms with Crippen molar-refractivity contribution >= 4 is 34.4 Å². The minimum absolute atomic E-state index is 0.107. The zero-order valence-electron chi connectivity index (χ0n) is 18.8. The third-order valence-corrected chi connectivity index (χ3v) is 6.35. The molecular weight excluding hydrogens is 452 g/mol. The molecule has 172 valence electrons. The molecule has 0 aliphatic heterocycles. The van der Waals surface area contributed by atoms with Crippen LogP contribution in [0, 0.1) is 0 Å². The first-order chi connectivity index (χ1) is 16.4. The summed E-state index contributed by atoms with van der Waals surface area (Å²) in [7, 11) is 2.86. The number of Topliss-reactive ketones (excluding diaryl/α,β-unsaturated/α-hetero) is 1. The Morgan fingerprint density at radius 2 is 1.62 bits per heavy atom. The number of carbonyl (C=O) groups is 2. The largest absolute Gasteiger partial charge is 0.497 e. The predicted octanol–water partition coefficient (Wildman–Crippen LogP) is 4.54. The summed E-state index contributed by atoms with van der Waals surface area (Å²) in [5, 5.41) is 0.173. The average Bonchev–Trinajstić information content (AvgIpc) is 2.88. The van der Waals surface area contributed by atoms with E-state index in [0.29, 0.717) is 33.1 Å². The number of aromatic nitrogens is 2. The smallest absolute Gasteiger partial charge is 0.337 e. The Morgan fingerprint density at radius 1 is 0.941 bits per heavy atom. The normalized spacial score (nSPS) is 11.7. The summed E-state index contributed by atoms with van der Waals surface area (Å²) < 4.78 is 11.4. The number of hydrogen-bond donors (Lipinski definition) is 0. The molecule has 4 aromatic rings. The summed E-state index contributed by atoms with van der Waals surface area (Å²) >= 11 is 1.18. The Kier molecular flexibility index (Phi) is 6.79. The zero-order valence-corrected chi connectivity index (χ0v) is 19.7. The first kappa shape index (κ1) is 23.3. The van der Waals surface area contributed by atoms with Crippen molar-refractivity contribution in [2.75, 3.05) is 14.2 Å². The number of rotatable bonds is 7. The van der Waals surface area contributed by atoms with Crippen LogP contribution in [-0.2, 0) is 4.74 Å². The van der Waals surface area contributed by atoms with Gasteiger partial charge in [0.1, 0.15) is 5.75 Å². The molecule has 1 aromatic heterocycles. The highest BCUT2D eigenvalue weighted by Crippen LogP contribution is 2.28. The van der Waals surface area contributed by atoms with E-state index >= 15 is 0 Å². The van der Waals surface area contributed by atoms with Crippen molar-refractivity contribution < 1.29 is 19.1 Å². The number of ketones is 1. The van der Waals surface area contributed by atoms with Gasteiger partial charge in [-0.2, -0.15) is 0 Å². The van der Waals surface area contributed by atoms with Crippen LogP contribution in [0.3, 0.4) is 0 Å². The second kappa shape index (κ2) is 9.93. The highest BCUT2D eigenvalue weighted by molar-refractivity contribution is 8.00. The lowest BCUT2D eigenvalue weighted by Crippen LogP contribution is -2.24. The minimum atomic E-state index is -0.531. The topological polar surface area (TPSA) is 87.5 Å². The van der Waals surface area contributed by atoms with Gasteiger partial charge in [0.05, 0.1) is 41.6 Å². The van der Waals surface area contributed by atoms with Gasteiger partial charge < -0.3 is 9.47 Å². The van der Waals surface area contributed by atoms with Crippen LogP contribution in [0.4, 0.5) is 0 Å². The number of carbonyl (C=O) groups excluding carboxylic acids is 2. The van der Waals surface area contributed by atoms with Crippen molar-refractivity contribution in [1.29, 1.82) is 0 Å². The van der Waals surface area contributed by atoms with E-state index in [1.165, 1.54) is 35.6 Å². The molecule has 0 radical (unpaired) electrons. The van der Waals surface area contributed by atoms with Crippen molar-refractivity contribution in [1.82, 2.24) is 9.55 Å². The van der Waals surface area contributed by atoms with Gasteiger partial charge in [0, 0.05) is 5.56 Å². The van der Waals surface area contributed by atoms with Gasteiger partial charge in [-0.25, -0.2) is 9.78 Å². The third kappa shape index (κ3) is 4.58. The Balaban J connectivity index is 1.80. The van der Waals surface area contributed by atoms with Gasteiger partial charge in [0.15, 0.2) is 10.9 Å². The van der Waals surface area contributed by atoms with Crippen molar-refractivity contribution in [3.8, 4) is 11.4 Å². The van der Waals surface area contributed by atoms with E-state index in [1.807, 2.05) is 18.2 Å². The van der Waals surface area contributed by atoms with Crippen molar-refractivity contribution in [3.63, 3.8) is 0 Å². The lowest BCUT2D eigenvalue weighted by atomic mass is 10.1. The second-order valence-electron chi connectivity index (χ2n) is 7.45. The van der Waals surface area contributed by atoms with Gasteiger partial charge in [0.25, 0.3) is 5.56 Å². The lowest BCUT2D eigenvalue weighted by Gasteiger charge is -2.16. The van der Waals surface area contributed by atoms with Crippen LogP contribution in [0.25, 0.3) is 16.6 Å². The van der Waals surface area contributed by atoms with Crippen molar-refractivity contribution in [2.24, 2.45) is 0 Å². The van der Waals surface area contributed by atoms with Crippen LogP contribution < -0.4 is 10.3 Å². The Hall–Kier alpha value is -3.91. The number of esters is 1. The Bertz CT molecular complexity index is 1420. The van der Waals surface area contributed by atoms with Crippen molar-refractivity contribution in [3.05, 3.63) is 94.3 Å². The summed E-state index contributed by atoms with van der Waals surface area (Å²) in [4.78, 5) is 43.2. The maximum absolute atomic E-state index is 13.5. The number of hydrogen-bond acceptors (Lipinski definition) is 7. The van der Waals surface area contributed by atoms with E-state index < -0.39 is 11.2 Å². The summed E-state index contributed by atoms with van der Waals surface area (Å²) in [5.74, 6) is 0.0329. The molecule has 3 aromatic carbocycles. The molecule has 0 bridgehead atoms. The molecule has 7 nitrogen and oxygen atoms in total. The fraction of sp³-hybridized carbons (Fsp3) is 0.154. The predicted molar refractivity (Wildman–Crippen MR) is 131 cm³/mol. The molecular formula is C26H22N2O5S. The van der Waals surface area contributed by atoms with Gasteiger partial charge in [-0.15, -0.1) is 0 Å². The van der Waals surface area contributed by atoms with E-state index in [0.717, 1.165) is 0 Å². The molecule has 0 spiro atoms. The molecule has 4 rings (SSSR count). The number of thioether (sulfide) groups is 1. The minimum Gasteiger partial charge on any atom is -0.497 e. The third-order valence-electron chi connectivity index (χ3n) is 5.30. The summed E-state index contributed by atoms with van der Waals surface area (Å²) in [6.07, 6.45) is 0. The van der Waals surface area contributed by atoms with Crippen molar-refractivity contribution in [2.45, 2.75) is 17.3 Å². The molecule has 0 amide bonds. The highest BCUT2D eigenvalue weighted by atomic mass is 32.2. The molecule has 0 aliphatic rings. The number of fused-ring (bicyclic) bond motifs is 1. The van der Waals surface area contributed by atoms with Crippen LogP contribution in [-0.4, -0.2) is 40.8 Å². The summed E-state index contributed by atoms with van der Waals surface area (Å²) in [6, 6.07) is 20.6. The van der Waals surface area contributed by atoms with E-state index in [9.17, 15) is 14.4 Å². The molecule has 0 aliphatic carbocycles. The lowest BCUT2D eigenvalue weighted by molar-refractivity contribution is 0.0600. The number of methoxy groups -OCH3 is 2. The Morgan fingerprint density at radius 3 is 2.26 bits per heavy atom. The molecule has 8 heteroatoms. The van der Waals surface area contributed by atoms with Gasteiger partial charge in [-0.3, -0.25) is 14.2 Å². The molecule has 1 unspecified atom stereocenters. The number of para-hydroxylation sites is 1. The molecule has 1 heterocycles. The SMILES string of the molecule is COC(=O)c1ccc2c(=O)n(-c3ccccc3)c(SC(C)C(=O)c3ccc(OC)cc3)nc2c1. The van der Waals surface area contributed by atoms with Gasteiger partial charge in [-0.1, -0.05) is 30.0 Å². The fourth-order valence-electron chi connectivity index (χ4n) is 3.50. The summed E-state index contributed by atoms with van der Waals surface area (Å²) in [6.45, 7) is 1.77. The standard InChI is InChI=1S/C26H22N2O5S/c1-16(23(29)17-9-12-20(32-2)13-10-17)34-26-27-22-15-18(25(31)33-3)11-14-21(22)24(30)28(26)19-7-5-4-6-8-19/h4-16H,1-3H3. The second-order valence-corrected chi connectivity index (χ2v) is 8.75. The van der Waals surface area contributed by atoms with Crippen LogP contribution in [0.1, 0.15) is 27.6 Å². The average molecular weight is 475 g/mol. The molecule has 0 saturated heterocycles. The first-order valence-electron chi connectivity index (χ1n) is 10.5. The molecule has 0 N–H and O–H groups in total. The highest BCUT2D eigenvalue weighted by Gasteiger charge is 2.22. The van der Waals surface area contributed by atoms with Gasteiger partial charge in [0.2, 0.25) is 0 Å². The van der Waals surface area contributed by atoms with Crippen LogP contribution in [0.15, 0.2) is 82.7 Å². The fourth-order valence-corrected chi connectivity index (χ4v) is 4.50. The Labute approximate surface area is 200 Å². The van der Waals surface area contributed by atoms with E-state index in [4.69, 9.17) is 9.47 Å². The summed E-state index contributed by atoms with van der Waals surface area (Å²) in [5.41, 5.74) is 1.51. The monoisotopic (exact) mass is 474 g/mol. The van der Waals surface area contributed by atoms with Crippen LogP contribution in [0.5, 0.6) is 5.75 Å². The molecule has 0 saturated carbocycles. The van der Waals surface area contributed by atoms with Gasteiger partial charge in [-0.05, 0) is 61.5 Å². The maximum Gasteiger partial charge on any atom is 0.337 e. The van der Waals surface area contributed by atoms with E-state index in [2.05, 4.69) is 4.98 Å². The van der Waals surface area contributed by atoms with Gasteiger partial charge >= 0.3 is 5.97 Å². The number of benzene rings is 3. The first-order valence-corrected chi connectivity index (χ1v) is 11.4. The van der Waals surface area contributed by atoms with E-state index in [1.54, 1.807) is 56.5 Å². The molecule has 0 fully saturated rings. The molecule has 34 heavy (non-hydrogen) atoms. The van der Waals surface area contributed by atoms with Crippen LogP contribution >= 0.6 is 11.8 Å². The molecule has 1 atom stereocenters. The quantitative estimate of drug-likeness (QED) is 0.168.